The number of benzene rings is 5. The summed E-state index contributed by atoms with van der Waals surface area (Å²) in [6, 6.07) is 46.5. The second-order valence-electron chi connectivity index (χ2n) is 12.1. The van der Waals surface area contributed by atoms with Crippen LogP contribution in [0.1, 0.15) is 33.4 Å². The molecule has 5 heteroatoms. The summed E-state index contributed by atoms with van der Waals surface area (Å²) in [5.41, 5.74) is 11.4. The van der Waals surface area contributed by atoms with Crippen LogP contribution in [0.5, 0.6) is 0 Å². The van der Waals surface area contributed by atoms with E-state index in [1.54, 1.807) is 12.4 Å². The maximum atomic E-state index is 4.76. The zero-order valence-corrected chi connectivity index (χ0v) is 26.0. The molecule has 47 heavy (non-hydrogen) atoms. The van der Waals surface area contributed by atoms with Gasteiger partial charge in [0.05, 0.1) is 10.9 Å². The third-order valence-corrected chi connectivity index (χ3v) is 10.8. The summed E-state index contributed by atoms with van der Waals surface area (Å²) in [5.74, 6) is 0.615. The Morgan fingerprint density at radius 3 is 1.91 bits per heavy atom. The average Bonchev–Trinajstić information content (AvgIpc) is 3.39. The van der Waals surface area contributed by atoms with Gasteiger partial charge in [0.15, 0.2) is 0 Å². The summed E-state index contributed by atoms with van der Waals surface area (Å²) in [6.45, 7) is 0. The van der Waals surface area contributed by atoms with Gasteiger partial charge in [-0.2, -0.15) is 0 Å². The van der Waals surface area contributed by atoms with Crippen molar-refractivity contribution in [1.29, 1.82) is 0 Å². The molecule has 0 unspecified atom stereocenters. The minimum absolute atomic E-state index is 0.488. The Kier molecular flexibility index (Phi) is 5.69. The first kappa shape index (κ1) is 26.4. The number of hydrogen-bond donors (Lipinski definition) is 0. The predicted octanol–water partition coefficient (Wildman–Crippen LogP) is 9.97. The van der Waals surface area contributed by atoms with Gasteiger partial charge in [-0.1, -0.05) is 103 Å². The highest BCUT2D eigenvalue weighted by molar-refractivity contribution is 7.99. The van der Waals surface area contributed by atoms with E-state index < -0.39 is 5.41 Å². The van der Waals surface area contributed by atoms with Crippen molar-refractivity contribution in [3.8, 4) is 17.1 Å². The standard InChI is InChI=1S/C42H26N4S/c1-2-11-33-27(9-1)16-17-28-18-19-30(26-36(28)42(33)34-12-3-5-14-38(34)47-39-15-6-4-13-35(39)42)29-20-21-37-32(25-29)31-10-7-22-43-40(31)46(37)41-44-23-8-24-45-41/h1-26H. The number of hydrogen-bond acceptors (Lipinski definition) is 4. The lowest BCUT2D eigenvalue weighted by Gasteiger charge is -2.42. The highest BCUT2D eigenvalue weighted by Gasteiger charge is 2.46. The second-order valence-corrected chi connectivity index (χ2v) is 13.1. The third-order valence-electron chi connectivity index (χ3n) is 9.68. The summed E-state index contributed by atoms with van der Waals surface area (Å²) < 4.78 is 2.05. The maximum absolute atomic E-state index is 4.76. The summed E-state index contributed by atoms with van der Waals surface area (Å²) in [6.07, 6.45) is 9.96. The molecule has 0 N–H and O–H groups in total. The molecule has 0 bridgehead atoms. The van der Waals surface area contributed by atoms with Crippen molar-refractivity contribution in [2.75, 3.05) is 0 Å². The molecule has 10 rings (SSSR count). The van der Waals surface area contributed by atoms with Crippen LogP contribution in [0.3, 0.4) is 0 Å². The van der Waals surface area contributed by atoms with E-state index in [9.17, 15) is 0 Å². The number of nitrogens with zero attached hydrogens (tertiary/aromatic N) is 4. The van der Waals surface area contributed by atoms with Crippen LogP contribution in [0.2, 0.25) is 0 Å². The van der Waals surface area contributed by atoms with Gasteiger partial charge < -0.3 is 0 Å². The van der Waals surface area contributed by atoms with Gasteiger partial charge in [0.1, 0.15) is 5.65 Å². The minimum Gasteiger partial charge on any atom is -0.262 e. The van der Waals surface area contributed by atoms with Gasteiger partial charge in [0.25, 0.3) is 0 Å². The van der Waals surface area contributed by atoms with Crippen LogP contribution in [-0.4, -0.2) is 19.5 Å². The molecule has 0 atom stereocenters. The van der Waals surface area contributed by atoms with Crippen molar-refractivity contribution in [2.24, 2.45) is 0 Å². The zero-order chi connectivity index (χ0) is 31.0. The van der Waals surface area contributed by atoms with E-state index in [0.29, 0.717) is 5.95 Å². The molecule has 1 aliphatic carbocycles. The zero-order valence-electron chi connectivity index (χ0n) is 25.2. The van der Waals surface area contributed by atoms with Gasteiger partial charge in [-0.25, -0.2) is 15.0 Å². The van der Waals surface area contributed by atoms with Crippen molar-refractivity contribution in [1.82, 2.24) is 19.5 Å². The molecule has 1 spiro atoms. The van der Waals surface area contributed by atoms with Gasteiger partial charge in [0.2, 0.25) is 5.95 Å². The van der Waals surface area contributed by atoms with Crippen molar-refractivity contribution in [3.63, 3.8) is 0 Å². The van der Waals surface area contributed by atoms with E-state index >= 15 is 0 Å². The molecule has 0 fully saturated rings. The molecule has 5 aromatic carbocycles. The molecule has 3 aromatic heterocycles. The molecule has 0 radical (unpaired) electrons. The third kappa shape index (κ3) is 3.75. The van der Waals surface area contributed by atoms with Gasteiger partial charge >= 0.3 is 0 Å². The lowest BCUT2D eigenvalue weighted by Crippen LogP contribution is -2.35. The fraction of sp³-hybridized carbons (Fsp3) is 0.0238. The van der Waals surface area contributed by atoms with Gasteiger partial charge in [-0.05, 0) is 93.0 Å². The minimum atomic E-state index is -0.488. The maximum Gasteiger partial charge on any atom is 0.235 e. The monoisotopic (exact) mass is 618 g/mol. The summed E-state index contributed by atoms with van der Waals surface area (Å²) in [4.78, 5) is 16.5. The fourth-order valence-corrected chi connectivity index (χ4v) is 8.92. The van der Waals surface area contributed by atoms with Crippen LogP contribution in [0.4, 0.5) is 0 Å². The summed E-state index contributed by atoms with van der Waals surface area (Å²) in [5, 5.41) is 2.20. The fourth-order valence-electron chi connectivity index (χ4n) is 7.72. The first-order valence-corrected chi connectivity index (χ1v) is 16.6. The van der Waals surface area contributed by atoms with Crippen LogP contribution in [0, 0.1) is 0 Å². The second kappa shape index (κ2) is 10.1. The molecule has 0 saturated carbocycles. The Hall–Kier alpha value is -5.78. The van der Waals surface area contributed by atoms with Crippen molar-refractivity contribution >= 4 is 45.9 Å². The lowest BCUT2D eigenvalue weighted by atomic mass is 9.63. The SMILES string of the molecule is C1=Cc2ccc(-c3ccc4c(c3)c3cccnc3n4-c3ncccn3)cc2C2(c3ccccc31)c1ccccc1Sc1ccccc12. The molecule has 220 valence electrons. The van der Waals surface area contributed by atoms with E-state index in [2.05, 4.69) is 142 Å². The number of rotatable bonds is 2. The van der Waals surface area contributed by atoms with Crippen molar-refractivity contribution in [3.05, 3.63) is 179 Å². The lowest BCUT2D eigenvalue weighted by molar-refractivity contribution is 0.701. The Morgan fingerprint density at radius 2 is 1.13 bits per heavy atom. The van der Waals surface area contributed by atoms with Gasteiger partial charge in [0, 0.05) is 39.2 Å². The quantitative estimate of drug-likeness (QED) is 0.193. The van der Waals surface area contributed by atoms with E-state index in [4.69, 9.17) is 4.98 Å². The Labute approximate surface area is 276 Å². The summed E-state index contributed by atoms with van der Waals surface area (Å²) >= 11 is 1.87. The Balaban J connectivity index is 1.26. The van der Waals surface area contributed by atoms with Crippen LogP contribution >= 0.6 is 11.8 Å². The van der Waals surface area contributed by atoms with E-state index in [1.165, 1.54) is 48.7 Å². The van der Waals surface area contributed by atoms with Crippen LogP contribution in [0.15, 0.2) is 156 Å². The number of fused-ring (bicyclic) bond motifs is 11. The van der Waals surface area contributed by atoms with E-state index in [-0.39, 0.29) is 0 Å². The highest BCUT2D eigenvalue weighted by atomic mass is 32.2. The molecular formula is C42H26N4S. The summed E-state index contributed by atoms with van der Waals surface area (Å²) in [7, 11) is 0. The van der Waals surface area contributed by atoms with Gasteiger partial charge in [-0.3, -0.25) is 4.57 Å². The number of pyridine rings is 1. The number of aromatic nitrogens is 4. The predicted molar refractivity (Wildman–Crippen MR) is 191 cm³/mol. The molecule has 8 aromatic rings. The first-order valence-electron chi connectivity index (χ1n) is 15.8. The first-order chi connectivity index (χ1) is 23.3. The van der Waals surface area contributed by atoms with Gasteiger partial charge in [-0.15, -0.1) is 0 Å². The molecule has 0 amide bonds. The van der Waals surface area contributed by atoms with Crippen molar-refractivity contribution < 1.29 is 0 Å². The van der Waals surface area contributed by atoms with Crippen molar-refractivity contribution in [2.45, 2.75) is 15.2 Å². The molecule has 2 aliphatic rings. The molecule has 0 saturated heterocycles. The van der Waals surface area contributed by atoms with E-state index in [1.807, 2.05) is 30.1 Å². The smallest absolute Gasteiger partial charge is 0.235 e. The van der Waals surface area contributed by atoms with Crippen LogP contribution in [-0.2, 0) is 5.41 Å². The molecule has 1 aliphatic heterocycles. The normalized spacial score (nSPS) is 14.0. The topological polar surface area (TPSA) is 43.6 Å². The Bertz CT molecular complexity index is 2520. The largest absolute Gasteiger partial charge is 0.262 e. The molecule has 4 nitrogen and oxygen atoms in total. The average molecular weight is 619 g/mol. The van der Waals surface area contributed by atoms with Crippen LogP contribution < -0.4 is 0 Å². The molecular weight excluding hydrogens is 593 g/mol. The van der Waals surface area contributed by atoms with E-state index in [0.717, 1.165) is 27.5 Å². The highest BCUT2D eigenvalue weighted by Crippen LogP contribution is 2.58. The molecule has 4 heterocycles. The Morgan fingerprint density at radius 1 is 0.489 bits per heavy atom. The van der Waals surface area contributed by atoms with Crippen LogP contribution in [0.25, 0.3) is 51.2 Å².